The predicted molar refractivity (Wildman–Crippen MR) is 107 cm³/mol. The number of rotatable bonds is 6. The predicted octanol–water partition coefficient (Wildman–Crippen LogP) is 2.91. The molecule has 1 amide bonds. The van der Waals surface area contributed by atoms with Crippen molar-refractivity contribution < 1.29 is 13.9 Å². The van der Waals surface area contributed by atoms with Crippen molar-refractivity contribution in [1.29, 1.82) is 0 Å². The van der Waals surface area contributed by atoms with Crippen molar-refractivity contribution in [3.05, 3.63) is 54.0 Å². The SMILES string of the molecule is CCNC(=NCc1ccc(NC(=O)c2ccco2)cc1)NC1CC2CCC1O2. The Kier molecular flexibility index (Phi) is 5.62. The monoisotopic (exact) mass is 382 g/mol. The maximum Gasteiger partial charge on any atom is 0.291 e. The molecule has 3 N–H and O–H groups in total. The standard InChI is InChI=1S/C21H26N4O3/c1-2-22-21(25-17-12-16-9-10-18(17)28-16)23-13-14-5-7-15(8-6-14)24-20(26)19-4-3-11-27-19/h3-8,11,16-18H,2,9-10,12-13H2,1H3,(H,24,26)(H2,22,23,25). The van der Waals surface area contributed by atoms with Crippen molar-refractivity contribution >= 4 is 17.6 Å². The van der Waals surface area contributed by atoms with Crippen molar-refractivity contribution in [3.8, 4) is 0 Å². The number of benzene rings is 1. The van der Waals surface area contributed by atoms with Crippen LogP contribution in [0.15, 0.2) is 52.1 Å². The van der Waals surface area contributed by atoms with Crippen molar-refractivity contribution in [2.75, 3.05) is 11.9 Å². The number of guanidine groups is 1. The van der Waals surface area contributed by atoms with Gasteiger partial charge in [0.2, 0.25) is 0 Å². The third kappa shape index (κ3) is 4.36. The molecule has 2 aromatic rings. The zero-order valence-corrected chi connectivity index (χ0v) is 16.0. The fraction of sp³-hybridized carbons (Fsp3) is 0.429. The van der Waals surface area contributed by atoms with E-state index in [1.54, 1.807) is 12.1 Å². The largest absolute Gasteiger partial charge is 0.459 e. The Labute approximate surface area is 164 Å². The van der Waals surface area contributed by atoms with Crippen LogP contribution in [0.1, 0.15) is 42.3 Å². The highest BCUT2D eigenvalue weighted by Gasteiger charge is 2.41. The smallest absolute Gasteiger partial charge is 0.291 e. The van der Waals surface area contributed by atoms with Crippen molar-refractivity contribution in [1.82, 2.24) is 10.6 Å². The van der Waals surface area contributed by atoms with Gasteiger partial charge in [-0.25, -0.2) is 4.99 Å². The molecule has 7 heteroatoms. The number of nitrogens with one attached hydrogen (secondary N) is 3. The molecule has 3 atom stereocenters. The van der Waals surface area contributed by atoms with E-state index in [0.29, 0.717) is 30.6 Å². The van der Waals surface area contributed by atoms with Gasteiger partial charge < -0.3 is 25.1 Å². The number of nitrogens with zero attached hydrogens (tertiary/aromatic N) is 1. The van der Waals surface area contributed by atoms with E-state index in [0.717, 1.165) is 36.6 Å². The number of aliphatic imine (C=N–C) groups is 1. The molecule has 1 aromatic carbocycles. The van der Waals surface area contributed by atoms with Gasteiger partial charge >= 0.3 is 0 Å². The first-order chi connectivity index (χ1) is 13.7. The highest BCUT2D eigenvalue weighted by Crippen LogP contribution is 2.34. The summed E-state index contributed by atoms with van der Waals surface area (Å²) in [6, 6.07) is 11.3. The zero-order valence-electron chi connectivity index (χ0n) is 16.0. The molecule has 2 fully saturated rings. The molecule has 2 aliphatic heterocycles. The van der Waals surface area contributed by atoms with Crippen LogP contribution in [0.3, 0.4) is 0 Å². The van der Waals surface area contributed by atoms with E-state index < -0.39 is 0 Å². The van der Waals surface area contributed by atoms with E-state index in [-0.39, 0.29) is 5.91 Å². The Morgan fingerprint density at radius 1 is 1.21 bits per heavy atom. The molecule has 1 aromatic heterocycles. The van der Waals surface area contributed by atoms with E-state index >= 15 is 0 Å². The highest BCUT2D eigenvalue weighted by molar-refractivity contribution is 6.02. The number of hydrogen-bond acceptors (Lipinski definition) is 4. The quantitative estimate of drug-likeness (QED) is 0.528. The molecule has 2 saturated heterocycles. The molecule has 2 bridgehead atoms. The fourth-order valence-electron chi connectivity index (χ4n) is 3.75. The summed E-state index contributed by atoms with van der Waals surface area (Å²) < 4.78 is 11.0. The van der Waals surface area contributed by atoms with Gasteiger partial charge in [0.25, 0.3) is 5.91 Å². The molecule has 2 aliphatic rings. The summed E-state index contributed by atoms with van der Waals surface area (Å²) in [5, 5.41) is 9.64. The second kappa shape index (κ2) is 8.48. The molecule has 28 heavy (non-hydrogen) atoms. The Hall–Kier alpha value is -2.80. The number of carbonyl (C=O) groups excluding carboxylic acids is 1. The van der Waals surface area contributed by atoms with Crippen LogP contribution in [0.4, 0.5) is 5.69 Å². The lowest BCUT2D eigenvalue weighted by atomic mass is 9.96. The van der Waals surface area contributed by atoms with Crippen molar-refractivity contribution in [2.45, 2.75) is 51.0 Å². The summed E-state index contributed by atoms with van der Waals surface area (Å²) >= 11 is 0. The first-order valence-electron chi connectivity index (χ1n) is 9.85. The van der Waals surface area contributed by atoms with Crippen LogP contribution >= 0.6 is 0 Å². The van der Waals surface area contributed by atoms with Gasteiger partial charge in [0, 0.05) is 12.2 Å². The Morgan fingerprint density at radius 2 is 2.07 bits per heavy atom. The van der Waals surface area contributed by atoms with E-state index in [1.165, 1.54) is 12.7 Å². The molecule has 0 radical (unpaired) electrons. The number of anilines is 1. The van der Waals surface area contributed by atoms with Gasteiger partial charge in [0.05, 0.1) is 31.1 Å². The molecule has 3 heterocycles. The van der Waals surface area contributed by atoms with Crippen molar-refractivity contribution in [3.63, 3.8) is 0 Å². The minimum Gasteiger partial charge on any atom is -0.459 e. The first-order valence-corrected chi connectivity index (χ1v) is 9.85. The molecule has 7 nitrogen and oxygen atoms in total. The lowest BCUT2D eigenvalue weighted by Crippen LogP contribution is -2.47. The van der Waals surface area contributed by atoms with E-state index in [2.05, 4.69) is 22.9 Å². The average molecular weight is 382 g/mol. The number of ether oxygens (including phenoxy) is 1. The highest BCUT2D eigenvalue weighted by atomic mass is 16.5. The van der Waals surface area contributed by atoms with Crippen LogP contribution in [-0.4, -0.2) is 36.7 Å². The van der Waals surface area contributed by atoms with Crippen molar-refractivity contribution in [2.24, 2.45) is 4.99 Å². The average Bonchev–Trinajstić information content (AvgIpc) is 3.45. The number of fused-ring (bicyclic) bond motifs is 2. The molecule has 3 unspecified atom stereocenters. The van der Waals surface area contributed by atoms with Crippen LogP contribution in [-0.2, 0) is 11.3 Å². The molecule has 0 aliphatic carbocycles. The zero-order chi connectivity index (χ0) is 19.3. The Bertz CT molecular complexity index is 817. The maximum atomic E-state index is 12.0. The van der Waals surface area contributed by atoms with Crippen LogP contribution < -0.4 is 16.0 Å². The molecular formula is C21H26N4O3. The summed E-state index contributed by atoms with van der Waals surface area (Å²) in [6.07, 6.45) is 5.57. The molecule has 148 valence electrons. The molecular weight excluding hydrogens is 356 g/mol. The summed E-state index contributed by atoms with van der Waals surface area (Å²) in [6.45, 7) is 3.43. The summed E-state index contributed by atoms with van der Waals surface area (Å²) in [7, 11) is 0. The van der Waals surface area contributed by atoms with Gasteiger partial charge in [0.15, 0.2) is 11.7 Å². The first kappa shape index (κ1) is 18.6. The normalized spacial score (nSPS) is 23.6. The summed E-state index contributed by atoms with van der Waals surface area (Å²) in [4.78, 5) is 16.7. The van der Waals surface area contributed by atoms with Gasteiger partial charge in [0.1, 0.15) is 0 Å². The second-order valence-electron chi connectivity index (χ2n) is 7.18. The van der Waals surface area contributed by atoms with Crippen LogP contribution in [0.25, 0.3) is 0 Å². The van der Waals surface area contributed by atoms with E-state index in [9.17, 15) is 4.79 Å². The maximum absolute atomic E-state index is 12.0. The second-order valence-corrected chi connectivity index (χ2v) is 7.18. The molecule has 0 saturated carbocycles. The summed E-state index contributed by atoms with van der Waals surface area (Å²) in [5.74, 6) is 0.848. The van der Waals surface area contributed by atoms with E-state index in [1.807, 2.05) is 24.3 Å². The number of amides is 1. The van der Waals surface area contributed by atoms with Gasteiger partial charge in [-0.1, -0.05) is 12.1 Å². The number of furan rings is 1. The lowest BCUT2D eigenvalue weighted by Gasteiger charge is -2.22. The van der Waals surface area contributed by atoms with Gasteiger partial charge in [-0.2, -0.15) is 0 Å². The number of carbonyl (C=O) groups is 1. The van der Waals surface area contributed by atoms with E-state index in [4.69, 9.17) is 14.1 Å². The minimum atomic E-state index is -0.262. The lowest BCUT2D eigenvalue weighted by molar-refractivity contribution is 0.0990. The van der Waals surface area contributed by atoms with Crippen LogP contribution in [0, 0.1) is 0 Å². The topological polar surface area (TPSA) is 87.9 Å². The van der Waals surface area contributed by atoms with Gasteiger partial charge in [-0.3, -0.25) is 4.79 Å². The number of hydrogen-bond donors (Lipinski definition) is 3. The fourth-order valence-corrected chi connectivity index (χ4v) is 3.75. The molecule has 0 spiro atoms. The third-order valence-electron chi connectivity index (χ3n) is 5.15. The van der Waals surface area contributed by atoms with Gasteiger partial charge in [-0.05, 0) is 56.0 Å². The Morgan fingerprint density at radius 3 is 2.71 bits per heavy atom. The molecule has 4 rings (SSSR count). The van der Waals surface area contributed by atoms with Gasteiger partial charge in [-0.15, -0.1) is 0 Å². The van der Waals surface area contributed by atoms with Crippen LogP contribution in [0.5, 0.6) is 0 Å². The Balaban J connectivity index is 1.33. The minimum absolute atomic E-state index is 0.262. The summed E-state index contributed by atoms with van der Waals surface area (Å²) in [5.41, 5.74) is 1.79. The third-order valence-corrected chi connectivity index (χ3v) is 5.15. The van der Waals surface area contributed by atoms with Crippen LogP contribution in [0.2, 0.25) is 0 Å².